The molecule has 0 N–H and O–H groups in total. The van der Waals surface area contributed by atoms with Crippen LogP contribution in [0.2, 0.25) is 5.02 Å². The smallest absolute Gasteiger partial charge is 0.339 e. The van der Waals surface area contributed by atoms with E-state index in [2.05, 4.69) is 5.16 Å². The van der Waals surface area contributed by atoms with Crippen molar-refractivity contribution in [2.75, 3.05) is 6.26 Å². The van der Waals surface area contributed by atoms with Gasteiger partial charge >= 0.3 is 5.97 Å². The maximum atomic E-state index is 12.7. The van der Waals surface area contributed by atoms with Crippen molar-refractivity contribution in [3.8, 4) is 0 Å². The van der Waals surface area contributed by atoms with Gasteiger partial charge in [0.1, 0.15) is 5.76 Å². The summed E-state index contributed by atoms with van der Waals surface area (Å²) in [6.45, 7) is 0. The molecule has 3 aromatic rings. The summed E-state index contributed by atoms with van der Waals surface area (Å²) < 4.78 is 34.9. The highest BCUT2D eigenvalue weighted by Gasteiger charge is 2.35. The molecule has 4 rings (SSSR count). The molecular weight excluding hydrogens is 414 g/mol. The van der Waals surface area contributed by atoms with Crippen molar-refractivity contribution in [2.24, 2.45) is 0 Å². The Morgan fingerprint density at radius 3 is 2.52 bits per heavy atom. The van der Waals surface area contributed by atoms with Gasteiger partial charge in [-0.15, -0.1) is 0 Å². The number of hydrogen-bond acceptors (Lipinski definition) is 6. The van der Waals surface area contributed by atoms with Gasteiger partial charge in [0.25, 0.3) is 0 Å². The highest BCUT2D eigenvalue weighted by molar-refractivity contribution is 7.90. The third kappa shape index (κ3) is 4.21. The van der Waals surface area contributed by atoms with Crippen molar-refractivity contribution in [3.63, 3.8) is 0 Å². The SMILES string of the molecule is CS(=O)(=O)c1ccc(C(OC(=O)c2ccccc2)c2cnoc2C2CC2)c(Cl)c1. The first kappa shape index (κ1) is 19.7. The van der Waals surface area contributed by atoms with Gasteiger partial charge in [0.15, 0.2) is 15.9 Å². The topological polar surface area (TPSA) is 86.5 Å². The molecule has 1 saturated carbocycles. The Bertz CT molecular complexity index is 1150. The van der Waals surface area contributed by atoms with Gasteiger partial charge in [-0.25, -0.2) is 13.2 Å². The van der Waals surface area contributed by atoms with Crippen molar-refractivity contribution in [3.05, 3.63) is 82.2 Å². The first-order valence-electron chi connectivity index (χ1n) is 9.04. The fourth-order valence-corrected chi connectivity index (χ4v) is 4.10. The minimum Gasteiger partial charge on any atom is -0.449 e. The summed E-state index contributed by atoms with van der Waals surface area (Å²) in [6.07, 6.45) is 3.71. The summed E-state index contributed by atoms with van der Waals surface area (Å²) in [4.78, 5) is 12.8. The number of halogens is 1. The normalized spacial score (nSPS) is 15.1. The third-order valence-corrected chi connectivity index (χ3v) is 6.21. The Morgan fingerprint density at radius 1 is 1.17 bits per heavy atom. The van der Waals surface area contributed by atoms with E-state index in [1.54, 1.807) is 36.4 Å². The van der Waals surface area contributed by atoms with Crippen LogP contribution in [-0.4, -0.2) is 25.8 Å². The summed E-state index contributed by atoms with van der Waals surface area (Å²) in [5, 5.41) is 4.07. The first-order valence-corrected chi connectivity index (χ1v) is 11.3. The minimum absolute atomic E-state index is 0.0899. The Labute approximate surface area is 173 Å². The molecular formula is C21H18ClNO5S. The number of aromatic nitrogens is 1. The van der Waals surface area contributed by atoms with Crippen molar-refractivity contribution < 1.29 is 22.5 Å². The lowest BCUT2D eigenvalue weighted by atomic mass is 10.0. The molecule has 0 bridgehead atoms. The zero-order chi connectivity index (χ0) is 20.6. The van der Waals surface area contributed by atoms with Gasteiger partial charge in [0, 0.05) is 22.8 Å². The number of carbonyl (C=O) groups excluding carboxylic acids is 1. The molecule has 1 fully saturated rings. The zero-order valence-corrected chi connectivity index (χ0v) is 17.1. The number of rotatable bonds is 6. The Kier molecular flexibility index (Phi) is 5.19. The van der Waals surface area contributed by atoms with E-state index in [1.165, 1.54) is 18.3 Å². The summed E-state index contributed by atoms with van der Waals surface area (Å²) in [7, 11) is -3.42. The van der Waals surface area contributed by atoms with Crippen molar-refractivity contribution in [2.45, 2.75) is 29.8 Å². The van der Waals surface area contributed by atoms with Crippen LogP contribution in [0, 0.1) is 0 Å². The second-order valence-electron chi connectivity index (χ2n) is 7.03. The van der Waals surface area contributed by atoms with Crippen molar-refractivity contribution >= 4 is 27.4 Å². The molecule has 1 unspecified atom stereocenters. The molecule has 0 amide bonds. The summed E-state index contributed by atoms with van der Waals surface area (Å²) in [6, 6.07) is 13.0. The minimum atomic E-state index is -3.42. The van der Waals surface area contributed by atoms with Gasteiger partial charge < -0.3 is 9.26 Å². The van der Waals surface area contributed by atoms with E-state index in [9.17, 15) is 13.2 Å². The van der Waals surface area contributed by atoms with Crippen LogP contribution < -0.4 is 0 Å². The molecule has 1 heterocycles. The number of esters is 1. The quantitative estimate of drug-likeness (QED) is 0.532. The number of benzene rings is 2. The van der Waals surface area contributed by atoms with Crippen LogP contribution in [0.4, 0.5) is 0 Å². The van der Waals surface area contributed by atoms with Crippen LogP contribution >= 0.6 is 11.6 Å². The predicted octanol–water partition coefficient (Wildman–Crippen LogP) is 4.56. The number of hydrogen-bond donors (Lipinski definition) is 0. The van der Waals surface area contributed by atoms with Crippen molar-refractivity contribution in [1.82, 2.24) is 5.16 Å². The molecule has 6 nitrogen and oxygen atoms in total. The van der Waals surface area contributed by atoms with Gasteiger partial charge in [-0.3, -0.25) is 0 Å². The molecule has 150 valence electrons. The standard InChI is InChI=1S/C21H18ClNO5S/c1-29(25,26)15-9-10-16(18(22)11-15)20(17-12-23-28-19(17)13-7-8-13)27-21(24)14-5-3-2-4-6-14/h2-6,9-13,20H,7-8H2,1H3. The van der Waals surface area contributed by atoms with Crippen molar-refractivity contribution in [1.29, 1.82) is 0 Å². The Morgan fingerprint density at radius 2 is 1.90 bits per heavy atom. The van der Waals surface area contributed by atoms with Crippen LogP contribution in [0.3, 0.4) is 0 Å². The molecule has 8 heteroatoms. The molecule has 1 aliphatic rings. The average molecular weight is 432 g/mol. The van der Waals surface area contributed by atoms with Gasteiger partial charge in [-0.2, -0.15) is 0 Å². The van der Waals surface area contributed by atoms with E-state index in [1.807, 2.05) is 0 Å². The summed E-state index contributed by atoms with van der Waals surface area (Å²) >= 11 is 6.42. The van der Waals surface area contributed by atoms with E-state index in [-0.39, 0.29) is 15.8 Å². The number of nitrogens with zero attached hydrogens (tertiary/aromatic N) is 1. The lowest BCUT2D eigenvalue weighted by Gasteiger charge is -2.20. The summed E-state index contributed by atoms with van der Waals surface area (Å²) in [5.74, 6) is 0.375. The number of ether oxygens (including phenoxy) is 1. The van der Waals surface area contributed by atoms with E-state index in [4.69, 9.17) is 20.9 Å². The molecule has 2 aromatic carbocycles. The maximum absolute atomic E-state index is 12.7. The fraction of sp³-hybridized carbons (Fsp3) is 0.238. The third-order valence-electron chi connectivity index (χ3n) is 4.77. The van der Waals surface area contributed by atoms with E-state index >= 15 is 0 Å². The Balaban J connectivity index is 1.76. The van der Waals surface area contributed by atoms with Crippen LogP contribution in [0.15, 0.2) is 64.1 Å². The Hall–Kier alpha value is -2.64. The maximum Gasteiger partial charge on any atom is 0.339 e. The number of sulfone groups is 1. The second-order valence-corrected chi connectivity index (χ2v) is 9.45. The van der Waals surface area contributed by atoms with Crippen LogP contribution in [0.1, 0.15) is 52.1 Å². The van der Waals surface area contributed by atoms with Gasteiger partial charge in [-0.1, -0.05) is 41.0 Å². The lowest BCUT2D eigenvalue weighted by molar-refractivity contribution is 0.0375. The predicted molar refractivity (Wildman–Crippen MR) is 107 cm³/mol. The van der Waals surface area contributed by atoms with E-state index < -0.39 is 21.9 Å². The van der Waals surface area contributed by atoms with Gasteiger partial charge in [0.05, 0.1) is 22.2 Å². The monoisotopic (exact) mass is 431 g/mol. The highest BCUT2D eigenvalue weighted by Crippen LogP contribution is 2.45. The molecule has 0 radical (unpaired) electrons. The fourth-order valence-electron chi connectivity index (χ4n) is 3.10. The highest BCUT2D eigenvalue weighted by atomic mass is 35.5. The molecule has 29 heavy (non-hydrogen) atoms. The second kappa shape index (κ2) is 7.65. The van der Waals surface area contributed by atoms with Crippen LogP contribution in [0.25, 0.3) is 0 Å². The van der Waals surface area contributed by atoms with Gasteiger partial charge in [0.2, 0.25) is 0 Å². The van der Waals surface area contributed by atoms with Crippen LogP contribution in [-0.2, 0) is 14.6 Å². The summed E-state index contributed by atoms with van der Waals surface area (Å²) in [5.41, 5.74) is 1.48. The molecule has 1 aliphatic carbocycles. The molecule has 0 saturated heterocycles. The number of carbonyl (C=O) groups is 1. The molecule has 1 atom stereocenters. The van der Waals surface area contributed by atoms with Gasteiger partial charge in [-0.05, 0) is 37.1 Å². The average Bonchev–Trinajstić information content (AvgIpc) is 3.43. The molecule has 1 aromatic heterocycles. The van der Waals surface area contributed by atoms with E-state index in [0.29, 0.717) is 22.5 Å². The largest absolute Gasteiger partial charge is 0.449 e. The molecule has 0 spiro atoms. The zero-order valence-electron chi connectivity index (χ0n) is 15.5. The first-order chi connectivity index (χ1) is 13.8. The van der Waals surface area contributed by atoms with Crippen LogP contribution in [0.5, 0.6) is 0 Å². The lowest BCUT2D eigenvalue weighted by Crippen LogP contribution is -2.14. The molecule has 0 aliphatic heterocycles. The van der Waals surface area contributed by atoms with E-state index in [0.717, 1.165) is 19.1 Å².